The molecule has 7 heteroatoms. The molecule has 1 N–H and O–H groups in total. The minimum Gasteiger partial charge on any atom is -0.475 e. The van der Waals surface area contributed by atoms with Crippen LogP contribution in [-0.2, 0) is 5.88 Å². The van der Waals surface area contributed by atoms with Gasteiger partial charge in [-0.3, -0.25) is 0 Å². The number of hydrogen-bond donors (Lipinski definition) is 1. The molecular formula is C16H13Cl2N3O2. The van der Waals surface area contributed by atoms with Gasteiger partial charge in [0.05, 0.1) is 5.69 Å². The van der Waals surface area contributed by atoms with Gasteiger partial charge in [0.15, 0.2) is 5.82 Å². The number of carbonyl (C=O) groups is 1. The molecule has 0 amide bonds. The number of aromatic carboxylic acids is 1. The third-order valence-corrected chi connectivity index (χ3v) is 3.45. The molecule has 2 aromatic carbocycles. The van der Waals surface area contributed by atoms with Crippen LogP contribution in [0.25, 0.3) is 17.1 Å². The van der Waals surface area contributed by atoms with E-state index in [-0.39, 0.29) is 18.2 Å². The Hall–Kier alpha value is -2.37. The normalized spacial score (nSPS) is 10.1. The van der Waals surface area contributed by atoms with Crippen molar-refractivity contribution in [3.8, 4) is 17.1 Å². The van der Waals surface area contributed by atoms with E-state index < -0.39 is 5.97 Å². The van der Waals surface area contributed by atoms with Gasteiger partial charge in [-0.05, 0) is 17.7 Å². The molecule has 0 spiro atoms. The zero-order chi connectivity index (χ0) is 15.5. The zero-order valence-electron chi connectivity index (χ0n) is 11.9. The van der Waals surface area contributed by atoms with Crippen molar-refractivity contribution in [1.29, 1.82) is 0 Å². The van der Waals surface area contributed by atoms with Crippen molar-refractivity contribution >= 4 is 30.0 Å². The summed E-state index contributed by atoms with van der Waals surface area (Å²) >= 11 is 5.86. The van der Waals surface area contributed by atoms with E-state index in [1.54, 1.807) is 0 Å². The highest BCUT2D eigenvalue weighted by molar-refractivity contribution is 6.17. The van der Waals surface area contributed by atoms with Crippen LogP contribution in [0, 0.1) is 0 Å². The van der Waals surface area contributed by atoms with E-state index in [1.165, 1.54) is 4.68 Å². The number of carboxylic acid groups (broad SMARTS) is 1. The van der Waals surface area contributed by atoms with E-state index in [0.717, 1.165) is 16.8 Å². The predicted octanol–water partition coefficient (Wildman–Crippen LogP) is 3.79. The zero-order valence-corrected chi connectivity index (χ0v) is 13.5. The summed E-state index contributed by atoms with van der Waals surface area (Å²) in [5, 5.41) is 13.3. The van der Waals surface area contributed by atoms with E-state index in [2.05, 4.69) is 10.1 Å². The van der Waals surface area contributed by atoms with Crippen molar-refractivity contribution in [3.05, 3.63) is 66.0 Å². The van der Waals surface area contributed by atoms with E-state index in [0.29, 0.717) is 11.7 Å². The Kier molecular flexibility index (Phi) is 5.36. The van der Waals surface area contributed by atoms with Gasteiger partial charge in [0, 0.05) is 11.4 Å². The highest BCUT2D eigenvalue weighted by Crippen LogP contribution is 2.22. The summed E-state index contributed by atoms with van der Waals surface area (Å²) in [6.07, 6.45) is 0. The Labute approximate surface area is 144 Å². The third-order valence-electron chi connectivity index (χ3n) is 3.14. The number of rotatable bonds is 4. The molecule has 23 heavy (non-hydrogen) atoms. The quantitative estimate of drug-likeness (QED) is 0.727. The second-order valence-corrected chi connectivity index (χ2v) is 4.91. The van der Waals surface area contributed by atoms with E-state index in [9.17, 15) is 4.79 Å². The third kappa shape index (κ3) is 3.52. The first-order valence-electron chi connectivity index (χ1n) is 6.60. The summed E-state index contributed by atoms with van der Waals surface area (Å²) in [5.74, 6) is -0.557. The average Bonchev–Trinajstić information content (AvgIpc) is 3.01. The molecule has 3 rings (SSSR count). The van der Waals surface area contributed by atoms with Crippen molar-refractivity contribution in [2.75, 3.05) is 0 Å². The molecule has 5 nitrogen and oxygen atoms in total. The molecule has 0 unspecified atom stereocenters. The molecule has 118 valence electrons. The van der Waals surface area contributed by atoms with Gasteiger partial charge in [0.1, 0.15) is 0 Å². The van der Waals surface area contributed by atoms with Crippen LogP contribution < -0.4 is 0 Å². The minimum atomic E-state index is -1.16. The molecule has 0 aliphatic carbocycles. The molecule has 1 heterocycles. The van der Waals surface area contributed by atoms with Crippen LogP contribution >= 0.6 is 24.0 Å². The standard InChI is InChI=1S/C16H12ClN3O2.ClH/c17-10-11-5-4-8-13(9-11)20-15(12-6-2-1-3-7-12)18-14(19-20)16(21)22;/h1-9H,10H2,(H,21,22);1H. The molecule has 3 aromatic rings. The van der Waals surface area contributed by atoms with E-state index in [4.69, 9.17) is 16.7 Å². The lowest BCUT2D eigenvalue weighted by Gasteiger charge is -2.07. The van der Waals surface area contributed by atoms with Gasteiger partial charge in [0.25, 0.3) is 5.82 Å². The number of hydrogen-bond acceptors (Lipinski definition) is 3. The van der Waals surface area contributed by atoms with Crippen LogP contribution in [0.5, 0.6) is 0 Å². The van der Waals surface area contributed by atoms with Crippen molar-refractivity contribution in [1.82, 2.24) is 14.8 Å². The molecular weight excluding hydrogens is 337 g/mol. The molecule has 1 aromatic heterocycles. The summed E-state index contributed by atoms with van der Waals surface area (Å²) in [5.41, 5.74) is 2.43. The van der Waals surface area contributed by atoms with Crippen LogP contribution in [0.1, 0.15) is 16.2 Å². The topological polar surface area (TPSA) is 68.0 Å². The van der Waals surface area contributed by atoms with E-state index >= 15 is 0 Å². The minimum absolute atomic E-state index is 0. The Morgan fingerprint density at radius 3 is 2.52 bits per heavy atom. The monoisotopic (exact) mass is 349 g/mol. The van der Waals surface area contributed by atoms with Crippen molar-refractivity contribution in [3.63, 3.8) is 0 Å². The summed E-state index contributed by atoms with van der Waals surface area (Å²) in [7, 11) is 0. The number of nitrogens with zero attached hydrogens (tertiary/aromatic N) is 3. The largest absolute Gasteiger partial charge is 0.475 e. The lowest BCUT2D eigenvalue weighted by molar-refractivity contribution is 0.0683. The van der Waals surface area contributed by atoms with Crippen molar-refractivity contribution in [2.45, 2.75) is 5.88 Å². The summed E-state index contributed by atoms with van der Waals surface area (Å²) in [4.78, 5) is 15.3. The number of alkyl halides is 1. The highest BCUT2D eigenvalue weighted by Gasteiger charge is 2.17. The molecule has 0 atom stereocenters. The Morgan fingerprint density at radius 2 is 1.87 bits per heavy atom. The Balaban J connectivity index is 0.00000192. The molecule has 0 radical (unpaired) electrons. The molecule has 0 fully saturated rings. The fraction of sp³-hybridized carbons (Fsp3) is 0.0625. The van der Waals surface area contributed by atoms with Crippen LogP contribution in [-0.4, -0.2) is 25.8 Å². The Morgan fingerprint density at radius 1 is 1.13 bits per heavy atom. The van der Waals surface area contributed by atoms with E-state index in [1.807, 2.05) is 54.6 Å². The molecule has 0 aliphatic heterocycles. The maximum absolute atomic E-state index is 11.2. The first-order chi connectivity index (χ1) is 10.7. The number of aromatic nitrogens is 3. The average molecular weight is 350 g/mol. The molecule has 0 saturated heterocycles. The Bertz CT molecular complexity index is 819. The van der Waals surface area contributed by atoms with Gasteiger partial charge in [-0.25, -0.2) is 14.5 Å². The van der Waals surface area contributed by atoms with Crippen LogP contribution in [0.4, 0.5) is 0 Å². The van der Waals surface area contributed by atoms with Gasteiger partial charge in [-0.1, -0.05) is 42.5 Å². The van der Waals surface area contributed by atoms with Crippen LogP contribution in [0.3, 0.4) is 0 Å². The first-order valence-corrected chi connectivity index (χ1v) is 7.13. The smallest absolute Gasteiger partial charge is 0.375 e. The maximum atomic E-state index is 11.2. The van der Waals surface area contributed by atoms with Gasteiger partial charge in [0.2, 0.25) is 0 Å². The molecule has 0 aliphatic rings. The highest BCUT2D eigenvalue weighted by atomic mass is 35.5. The summed E-state index contributed by atoms with van der Waals surface area (Å²) < 4.78 is 1.52. The van der Waals surface area contributed by atoms with Gasteiger partial charge in [-0.2, -0.15) is 0 Å². The lowest BCUT2D eigenvalue weighted by atomic mass is 10.2. The van der Waals surface area contributed by atoms with Crippen molar-refractivity contribution < 1.29 is 9.90 Å². The summed E-state index contributed by atoms with van der Waals surface area (Å²) in [6, 6.07) is 16.8. The molecule has 0 bridgehead atoms. The fourth-order valence-electron chi connectivity index (χ4n) is 2.13. The van der Waals surface area contributed by atoms with Crippen LogP contribution in [0.15, 0.2) is 54.6 Å². The number of halogens is 2. The second-order valence-electron chi connectivity index (χ2n) is 4.65. The lowest BCUT2D eigenvalue weighted by Crippen LogP contribution is -2.02. The first kappa shape index (κ1) is 17.0. The van der Waals surface area contributed by atoms with Gasteiger partial charge >= 0.3 is 5.97 Å². The second kappa shape index (κ2) is 7.26. The maximum Gasteiger partial charge on any atom is 0.375 e. The SMILES string of the molecule is Cl.O=C(O)c1nc(-c2ccccc2)n(-c2cccc(CCl)c2)n1. The fourth-order valence-corrected chi connectivity index (χ4v) is 2.29. The molecule has 0 saturated carbocycles. The van der Waals surface area contributed by atoms with Crippen LogP contribution in [0.2, 0.25) is 0 Å². The number of carboxylic acids is 1. The van der Waals surface area contributed by atoms with Crippen molar-refractivity contribution in [2.24, 2.45) is 0 Å². The van der Waals surface area contributed by atoms with Gasteiger partial charge < -0.3 is 5.11 Å². The number of benzene rings is 2. The predicted molar refractivity (Wildman–Crippen MR) is 90.6 cm³/mol. The summed E-state index contributed by atoms with van der Waals surface area (Å²) in [6.45, 7) is 0. The van der Waals surface area contributed by atoms with Gasteiger partial charge in [-0.15, -0.1) is 29.1 Å².